The molecule has 2 nitrogen and oxygen atoms in total. The van der Waals surface area contributed by atoms with Gasteiger partial charge in [-0.2, -0.15) is 0 Å². The molecule has 1 heterocycles. The van der Waals surface area contributed by atoms with Crippen molar-refractivity contribution in [3.05, 3.63) is 12.7 Å². The molecule has 0 saturated carbocycles. The summed E-state index contributed by atoms with van der Waals surface area (Å²) in [5.74, 6) is 0.717. The summed E-state index contributed by atoms with van der Waals surface area (Å²) in [4.78, 5) is 0. The van der Waals surface area contributed by atoms with Crippen LogP contribution in [-0.4, -0.2) is 19.1 Å². The van der Waals surface area contributed by atoms with E-state index in [2.05, 4.69) is 11.9 Å². The molecule has 1 aliphatic heterocycles. The van der Waals surface area contributed by atoms with Gasteiger partial charge < -0.3 is 11.1 Å². The van der Waals surface area contributed by atoms with Gasteiger partial charge in [-0.15, -0.1) is 6.58 Å². The van der Waals surface area contributed by atoms with Crippen LogP contribution in [0.1, 0.15) is 19.3 Å². The topological polar surface area (TPSA) is 38.0 Å². The molecule has 3 N–H and O–H groups in total. The van der Waals surface area contributed by atoms with Gasteiger partial charge in [0.05, 0.1) is 0 Å². The largest absolute Gasteiger partial charge is 0.327 e. The van der Waals surface area contributed by atoms with Crippen molar-refractivity contribution in [1.29, 1.82) is 0 Å². The summed E-state index contributed by atoms with van der Waals surface area (Å²) in [7, 11) is 0. The summed E-state index contributed by atoms with van der Waals surface area (Å²) >= 11 is 0. The van der Waals surface area contributed by atoms with Crippen LogP contribution in [0, 0.1) is 5.92 Å². The van der Waals surface area contributed by atoms with Crippen LogP contribution in [0.15, 0.2) is 12.7 Å². The third-order valence-electron chi connectivity index (χ3n) is 2.43. The molecule has 0 spiro atoms. The maximum atomic E-state index is 5.96. The minimum atomic E-state index is 0.342. The monoisotopic (exact) mass is 154 g/mol. The van der Waals surface area contributed by atoms with E-state index in [4.69, 9.17) is 5.73 Å². The van der Waals surface area contributed by atoms with Crippen molar-refractivity contribution in [1.82, 2.24) is 5.32 Å². The predicted molar refractivity (Wildman–Crippen MR) is 48.4 cm³/mol. The molecule has 0 aromatic heterocycles. The lowest BCUT2D eigenvalue weighted by Crippen LogP contribution is -2.38. The van der Waals surface area contributed by atoms with Gasteiger partial charge in [-0.25, -0.2) is 0 Å². The van der Waals surface area contributed by atoms with Crippen LogP contribution in [-0.2, 0) is 0 Å². The fraction of sp³-hybridized carbons (Fsp3) is 0.778. The van der Waals surface area contributed by atoms with E-state index in [1.54, 1.807) is 0 Å². The number of hydrogen-bond donors (Lipinski definition) is 2. The molecule has 2 heteroatoms. The molecular formula is C9H18N2. The number of piperidine rings is 1. The highest BCUT2D eigenvalue weighted by Gasteiger charge is 2.18. The zero-order chi connectivity index (χ0) is 8.10. The number of nitrogens with one attached hydrogen (secondary N) is 1. The van der Waals surface area contributed by atoms with Crippen LogP contribution in [0.5, 0.6) is 0 Å². The van der Waals surface area contributed by atoms with Crippen molar-refractivity contribution in [3.8, 4) is 0 Å². The van der Waals surface area contributed by atoms with Gasteiger partial charge in [-0.05, 0) is 38.3 Å². The zero-order valence-electron chi connectivity index (χ0n) is 7.05. The van der Waals surface area contributed by atoms with E-state index in [1.165, 1.54) is 12.8 Å². The Morgan fingerprint density at radius 2 is 2.18 bits per heavy atom. The Bertz CT molecular complexity index is 117. The third-order valence-corrected chi connectivity index (χ3v) is 2.43. The lowest BCUT2D eigenvalue weighted by Gasteiger charge is -2.27. The highest BCUT2D eigenvalue weighted by molar-refractivity contribution is 4.83. The number of rotatable bonds is 3. The molecule has 11 heavy (non-hydrogen) atoms. The summed E-state index contributed by atoms with van der Waals surface area (Å²) in [6, 6.07) is 0.342. The fourth-order valence-electron chi connectivity index (χ4n) is 1.66. The van der Waals surface area contributed by atoms with E-state index < -0.39 is 0 Å². The molecule has 0 aliphatic carbocycles. The third kappa shape index (κ3) is 2.64. The van der Waals surface area contributed by atoms with Gasteiger partial charge in [-0.1, -0.05) is 6.08 Å². The maximum Gasteiger partial charge on any atom is 0.0103 e. The molecule has 0 unspecified atom stereocenters. The van der Waals surface area contributed by atoms with Gasteiger partial charge >= 0.3 is 0 Å². The van der Waals surface area contributed by atoms with Gasteiger partial charge in [0, 0.05) is 6.04 Å². The van der Waals surface area contributed by atoms with Crippen molar-refractivity contribution in [2.24, 2.45) is 11.7 Å². The van der Waals surface area contributed by atoms with Crippen LogP contribution in [0.4, 0.5) is 0 Å². The van der Waals surface area contributed by atoms with Crippen LogP contribution in [0.25, 0.3) is 0 Å². The summed E-state index contributed by atoms with van der Waals surface area (Å²) in [6.45, 7) is 5.97. The van der Waals surface area contributed by atoms with E-state index in [-0.39, 0.29) is 0 Å². The van der Waals surface area contributed by atoms with Crippen molar-refractivity contribution < 1.29 is 0 Å². The molecule has 64 valence electrons. The highest BCUT2D eigenvalue weighted by atomic mass is 14.9. The fourth-order valence-corrected chi connectivity index (χ4v) is 1.66. The Hall–Kier alpha value is -0.340. The zero-order valence-corrected chi connectivity index (χ0v) is 7.05. The standard InChI is InChI=1S/C9H18N2/c1-2-3-9(10)8-4-6-11-7-5-8/h2,8-9,11H,1,3-7,10H2/t9-/m0/s1. The van der Waals surface area contributed by atoms with Crippen molar-refractivity contribution in [3.63, 3.8) is 0 Å². The first-order valence-corrected chi connectivity index (χ1v) is 4.42. The Labute approximate surface area is 68.9 Å². The summed E-state index contributed by atoms with van der Waals surface area (Å²) < 4.78 is 0. The molecule has 1 saturated heterocycles. The van der Waals surface area contributed by atoms with Gasteiger partial charge in [0.25, 0.3) is 0 Å². The van der Waals surface area contributed by atoms with Gasteiger partial charge in [0.15, 0.2) is 0 Å². The van der Waals surface area contributed by atoms with Gasteiger partial charge in [0.2, 0.25) is 0 Å². The second kappa shape index (κ2) is 4.52. The summed E-state index contributed by atoms with van der Waals surface area (Å²) in [5.41, 5.74) is 5.96. The Morgan fingerprint density at radius 3 is 2.73 bits per heavy atom. The highest BCUT2D eigenvalue weighted by Crippen LogP contribution is 2.16. The minimum absolute atomic E-state index is 0.342. The van der Waals surface area contributed by atoms with E-state index in [1.807, 2.05) is 6.08 Å². The first-order chi connectivity index (χ1) is 5.34. The summed E-state index contributed by atoms with van der Waals surface area (Å²) in [6.07, 6.45) is 5.35. The Kier molecular flexibility index (Phi) is 3.60. The molecule has 0 radical (unpaired) electrons. The van der Waals surface area contributed by atoms with Crippen LogP contribution in [0.2, 0.25) is 0 Å². The van der Waals surface area contributed by atoms with Crippen molar-refractivity contribution in [2.75, 3.05) is 13.1 Å². The lowest BCUT2D eigenvalue weighted by molar-refractivity contribution is 0.319. The SMILES string of the molecule is C=CC[C@H](N)C1CCNCC1. The Balaban J connectivity index is 2.26. The van der Waals surface area contributed by atoms with Crippen molar-refractivity contribution in [2.45, 2.75) is 25.3 Å². The molecule has 1 rings (SSSR count). The first-order valence-electron chi connectivity index (χ1n) is 4.42. The second-order valence-corrected chi connectivity index (χ2v) is 3.28. The number of nitrogens with two attached hydrogens (primary N) is 1. The normalized spacial score (nSPS) is 23.0. The van der Waals surface area contributed by atoms with Gasteiger partial charge in [0.1, 0.15) is 0 Å². The molecule has 1 aliphatic rings. The second-order valence-electron chi connectivity index (χ2n) is 3.28. The average molecular weight is 154 g/mol. The minimum Gasteiger partial charge on any atom is -0.327 e. The molecular weight excluding hydrogens is 136 g/mol. The summed E-state index contributed by atoms with van der Waals surface area (Å²) in [5, 5.41) is 3.33. The van der Waals surface area contributed by atoms with E-state index >= 15 is 0 Å². The van der Waals surface area contributed by atoms with E-state index in [0.29, 0.717) is 12.0 Å². The maximum absolute atomic E-state index is 5.96. The lowest BCUT2D eigenvalue weighted by atomic mass is 9.89. The number of hydrogen-bond acceptors (Lipinski definition) is 2. The van der Waals surface area contributed by atoms with Crippen LogP contribution >= 0.6 is 0 Å². The van der Waals surface area contributed by atoms with E-state index in [9.17, 15) is 0 Å². The van der Waals surface area contributed by atoms with Crippen LogP contribution < -0.4 is 11.1 Å². The molecule has 0 bridgehead atoms. The smallest absolute Gasteiger partial charge is 0.0103 e. The molecule has 0 amide bonds. The van der Waals surface area contributed by atoms with Crippen LogP contribution in [0.3, 0.4) is 0 Å². The Morgan fingerprint density at radius 1 is 1.55 bits per heavy atom. The van der Waals surface area contributed by atoms with Crippen molar-refractivity contribution >= 4 is 0 Å². The predicted octanol–water partition coefficient (Wildman–Crippen LogP) is 0.889. The molecule has 0 aromatic carbocycles. The van der Waals surface area contributed by atoms with E-state index in [0.717, 1.165) is 19.5 Å². The quantitative estimate of drug-likeness (QED) is 0.592. The van der Waals surface area contributed by atoms with Gasteiger partial charge in [-0.3, -0.25) is 0 Å². The first kappa shape index (κ1) is 8.75. The average Bonchev–Trinajstić information content (AvgIpc) is 2.07. The molecule has 1 fully saturated rings. The molecule has 0 aromatic rings. The molecule has 1 atom stereocenters.